The van der Waals surface area contributed by atoms with E-state index in [1.54, 1.807) is 23.9 Å². The number of aldehydes is 1. The lowest BCUT2D eigenvalue weighted by Gasteiger charge is -1.94. The van der Waals surface area contributed by atoms with Crippen molar-refractivity contribution in [1.82, 2.24) is 9.55 Å². The number of carbonyl (C=O) groups is 1. The molecule has 0 saturated heterocycles. The van der Waals surface area contributed by atoms with Gasteiger partial charge in [-0.05, 0) is 6.92 Å². The van der Waals surface area contributed by atoms with Crippen molar-refractivity contribution in [3.05, 3.63) is 18.2 Å². The molecule has 1 aromatic heterocycles. The number of hydrogen-bond donors (Lipinski definition) is 0. The lowest BCUT2D eigenvalue weighted by Crippen LogP contribution is -1.99. The smallest absolute Gasteiger partial charge is 0.185 e. The Hall–Kier alpha value is -1.56. The van der Waals surface area contributed by atoms with E-state index in [-0.39, 0.29) is 0 Å². The molecule has 0 saturated carbocycles. The zero-order valence-corrected chi connectivity index (χ0v) is 6.24. The molecule has 0 fully saturated rings. The zero-order valence-electron chi connectivity index (χ0n) is 6.24. The largest absolute Gasteiger partial charge is 0.317 e. The molecular formula is C8H8N2O. The third-order valence-corrected chi connectivity index (χ3v) is 1.28. The third kappa shape index (κ3) is 1.68. The minimum atomic E-state index is 0.424. The average Bonchev–Trinajstić information content (AvgIpc) is 2.47. The van der Waals surface area contributed by atoms with Gasteiger partial charge in [0, 0.05) is 12.4 Å². The van der Waals surface area contributed by atoms with Gasteiger partial charge in [-0.25, -0.2) is 4.98 Å². The number of carbonyl (C=O) groups excluding carboxylic acids is 1. The molecule has 0 bridgehead atoms. The van der Waals surface area contributed by atoms with Crippen molar-refractivity contribution in [1.29, 1.82) is 0 Å². The zero-order chi connectivity index (χ0) is 8.10. The highest BCUT2D eigenvalue weighted by Crippen LogP contribution is 1.91. The third-order valence-electron chi connectivity index (χ3n) is 1.28. The normalized spacial score (nSPS) is 8.45. The second kappa shape index (κ2) is 3.57. The quantitative estimate of drug-likeness (QED) is 0.457. The average molecular weight is 148 g/mol. The molecule has 0 aliphatic heterocycles. The van der Waals surface area contributed by atoms with Crippen molar-refractivity contribution in [2.75, 3.05) is 0 Å². The highest BCUT2D eigenvalue weighted by atomic mass is 16.1. The van der Waals surface area contributed by atoms with E-state index < -0.39 is 0 Å². The van der Waals surface area contributed by atoms with Crippen LogP contribution in [0.5, 0.6) is 0 Å². The highest BCUT2D eigenvalue weighted by Gasteiger charge is 1.96. The van der Waals surface area contributed by atoms with Crippen molar-refractivity contribution in [2.45, 2.75) is 13.5 Å². The number of hydrogen-bond acceptors (Lipinski definition) is 2. The molecule has 0 aliphatic rings. The van der Waals surface area contributed by atoms with Crippen LogP contribution in [0.3, 0.4) is 0 Å². The molecule has 0 N–H and O–H groups in total. The highest BCUT2D eigenvalue weighted by molar-refractivity contribution is 5.69. The van der Waals surface area contributed by atoms with E-state index in [1.807, 2.05) is 0 Å². The Balaban J connectivity index is 2.81. The maximum absolute atomic E-state index is 10.3. The van der Waals surface area contributed by atoms with Crippen LogP contribution < -0.4 is 0 Å². The summed E-state index contributed by atoms with van der Waals surface area (Å²) in [6, 6.07) is 0. The Bertz CT molecular complexity index is 303. The van der Waals surface area contributed by atoms with Gasteiger partial charge in [0.25, 0.3) is 0 Å². The summed E-state index contributed by atoms with van der Waals surface area (Å²) >= 11 is 0. The minimum absolute atomic E-state index is 0.424. The summed E-state index contributed by atoms with van der Waals surface area (Å²) in [4.78, 5) is 14.1. The summed E-state index contributed by atoms with van der Waals surface area (Å²) in [5.74, 6) is 6.01. The van der Waals surface area contributed by atoms with Crippen molar-refractivity contribution >= 4 is 6.29 Å². The molecule has 0 radical (unpaired) electrons. The Morgan fingerprint density at radius 2 is 2.64 bits per heavy atom. The van der Waals surface area contributed by atoms with Crippen LogP contribution in [0.1, 0.15) is 17.5 Å². The van der Waals surface area contributed by atoms with Gasteiger partial charge in [0.15, 0.2) is 12.1 Å². The Kier molecular flexibility index (Phi) is 2.45. The van der Waals surface area contributed by atoms with Crippen molar-refractivity contribution < 1.29 is 4.79 Å². The molecule has 1 heterocycles. The van der Waals surface area contributed by atoms with Crippen molar-refractivity contribution in [3.63, 3.8) is 0 Å². The summed E-state index contributed by atoms with van der Waals surface area (Å²) in [5.41, 5.74) is 0. The van der Waals surface area contributed by atoms with E-state index >= 15 is 0 Å². The molecule has 0 aromatic carbocycles. The van der Waals surface area contributed by atoms with Gasteiger partial charge < -0.3 is 4.57 Å². The summed E-state index contributed by atoms with van der Waals surface area (Å²) in [6.45, 7) is 2.29. The number of aromatic nitrogens is 2. The fraction of sp³-hybridized carbons (Fsp3) is 0.250. The molecule has 1 aromatic rings. The molecule has 3 nitrogen and oxygen atoms in total. The predicted octanol–water partition coefficient (Wildman–Crippen LogP) is 0.719. The number of nitrogens with zero attached hydrogens (tertiary/aromatic N) is 2. The van der Waals surface area contributed by atoms with E-state index in [0.717, 1.165) is 6.29 Å². The summed E-state index contributed by atoms with van der Waals surface area (Å²) in [7, 11) is 0. The first kappa shape index (κ1) is 7.55. The first-order valence-electron chi connectivity index (χ1n) is 3.24. The molecule has 3 heteroatoms. The van der Waals surface area contributed by atoms with Crippen LogP contribution in [0.2, 0.25) is 0 Å². The second-order valence-corrected chi connectivity index (χ2v) is 1.96. The molecule has 56 valence electrons. The van der Waals surface area contributed by atoms with Gasteiger partial charge in [-0.1, -0.05) is 5.92 Å². The van der Waals surface area contributed by atoms with E-state index in [1.165, 1.54) is 0 Å². The molecule has 0 amide bonds. The van der Waals surface area contributed by atoms with Crippen LogP contribution in [-0.2, 0) is 6.54 Å². The van der Waals surface area contributed by atoms with Crippen LogP contribution in [0.25, 0.3) is 0 Å². The first-order valence-corrected chi connectivity index (χ1v) is 3.24. The standard InChI is InChI=1S/C8H8N2O/c1-2-3-5-10-6-4-9-8(10)7-11/h4,6-7H,5H2,1H3. The van der Waals surface area contributed by atoms with E-state index in [2.05, 4.69) is 16.8 Å². The molecular weight excluding hydrogens is 140 g/mol. The lowest BCUT2D eigenvalue weighted by molar-refractivity contribution is 0.111. The van der Waals surface area contributed by atoms with Gasteiger partial charge in [0.2, 0.25) is 0 Å². The SMILES string of the molecule is CC#CCn1ccnc1C=O. The summed E-state index contributed by atoms with van der Waals surface area (Å²) in [5, 5.41) is 0. The van der Waals surface area contributed by atoms with E-state index in [4.69, 9.17) is 0 Å². The van der Waals surface area contributed by atoms with Crippen LogP contribution >= 0.6 is 0 Å². The number of imidazole rings is 1. The topological polar surface area (TPSA) is 34.9 Å². The maximum atomic E-state index is 10.3. The van der Waals surface area contributed by atoms with Gasteiger partial charge in [-0.2, -0.15) is 0 Å². The Morgan fingerprint density at radius 3 is 3.27 bits per heavy atom. The van der Waals surface area contributed by atoms with Crippen molar-refractivity contribution in [3.8, 4) is 11.8 Å². The first-order chi connectivity index (χ1) is 5.38. The van der Waals surface area contributed by atoms with Gasteiger partial charge in [0.05, 0.1) is 6.54 Å². The summed E-state index contributed by atoms with van der Waals surface area (Å²) < 4.78 is 1.70. The van der Waals surface area contributed by atoms with Crippen LogP contribution in [0.4, 0.5) is 0 Å². The van der Waals surface area contributed by atoms with Gasteiger partial charge in [0.1, 0.15) is 0 Å². The molecule has 0 atom stereocenters. The van der Waals surface area contributed by atoms with Crippen LogP contribution in [0.15, 0.2) is 12.4 Å². The molecule has 0 aliphatic carbocycles. The minimum Gasteiger partial charge on any atom is -0.317 e. The molecule has 11 heavy (non-hydrogen) atoms. The Labute approximate surface area is 65.1 Å². The van der Waals surface area contributed by atoms with Crippen LogP contribution in [-0.4, -0.2) is 15.8 Å². The van der Waals surface area contributed by atoms with E-state index in [9.17, 15) is 4.79 Å². The van der Waals surface area contributed by atoms with Gasteiger partial charge in [-0.3, -0.25) is 4.79 Å². The maximum Gasteiger partial charge on any atom is 0.185 e. The van der Waals surface area contributed by atoms with Gasteiger partial charge in [-0.15, -0.1) is 5.92 Å². The molecule has 1 rings (SSSR count). The number of rotatable bonds is 2. The predicted molar refractivity (Wildman–Crippen MR) is 41.1 cm³/mol. The summed E-state index contributed by atoms with van der Waals surface area (Å²) in [6.07, 6.45) is 4.03. The van der Waals surface area contributed by atoms with Crippen LogP contribution in [0, 0.1) is 11.8 Å². The fourth-order valence-electron chi connectivity index (χ4n) is 0.737. The fourth-order valence-corrected chi connectivity index (χ4v) is 0.737. The van der Waals surface area contributed by atoms with Gasteiger partial charge >= 0.3 is 0 Å². The molecule has 0 spiro atoms. The Morgan fingerprint density at radius 1 is 1.82 bits per heavy atom. The van der Waals surface area contributed by atoms with E-state index in [0.29, 0.717) is 12.4 Å². The molecule has 0 unspecified atom stereocenters. The van der Waals surface area contributed by atoms with Crippen molar-refractivity contribution in [2.24, 2.45) is 0 Å². The monoisotopic (exact) mass is 148 g/mol. The second-order valence-electron chi connectivity index (χ2n) is 1.96. The lowest BCUT2D eigenvalue weighted by atomic mass is 10.5.